The van der Waals surface area contributed by atoms with Crippen molar-refractivity contribution < 1.29 is 18.7 Å². The normalized spacial score (nSPS) is 23.0. The zero-order chi connectivity index (χ0) is 20.8. The number of amides is 1. The van der Waals surface area contributed by atoms with E-state index >= 15 is 0 Å². The molecule has 0 saturated carbocycles. The first kappa shape index (κ1) is 19.0. The molecule has 156 valence electrons. The van der Waals surface area contributed by atoms with E-state index < -0.39 is 0 Å². The number of nitrogens with zero attached hydrogens (tertiary/aromatic N) is 1. The van der Waals surface area contributed by atoms with Crippen LogP contribution in [-0.4, -0.2) is 42.1 Å². The van der Waals surface area contributed by atoms with E-state index in [4.69, 9.17) is 9.47 Å². The number of rotatable bonds is 4. The number of carbonyl (C=O) groups excluding carboxylic acids is 1. The molecule has 0 radical (unpaired) electrons. The van der Waals surface area contributed by atoms with Gasteiger partial charge in [-0.3, -0.25) is 4.79 Å². The minimum absolute atomic E-state index is 0.0281. The van der Waals surface area contributed by atoms with Crippen LogP contribution in [-0.2, 0) is 0 Å². The van der Waals surface area contributed by atoms with Gasteiger partial charge in [0.1, 0.15) is 23.0 Å². The van der Waals surface area contributed by atoms with E-state index in [1.165, 1.54) is 17.7 Å². The molecule has 3 heterocycles. The standard InChI is InChI=1S/C24H25FN2O3/c1-29-21-9-10-22(30-2)23-19(21)13-20(26-23)24(28)27-17-7-8-18(27)12-15(11-17)14-3-5-16(25)6-4-14/h3-6,9-10,13,15,17-18,26H,7-8,11-12H2,1-2H3/t15?,17-,18+. The van der Waals surface area contributed by atoms with E-state index in [-0.39, 0.29) is 23.8 Å². The molecule has 1 N–H and O–H groups in total. The third-order valence-electron chi connectivity index (χ3n) is 6.69. The molecule has 5 nitrogen and oxygen atoms in total. The molecule has 2 saturated heterocycles. The first-order valence-corrected chi connectivity index (χ1v) is 10.4. The Morgan fingerprint density at radius 2 is 1.63 bits per heavy atom. The zero-order valence-electron chi connectivity index (χ0n) is 17.2. The molecule has 1 aromatic heterocycles. The van der Waals surface area contributed by atoms with Crippen LogP contribution in [0.5, 0.6) is 11.5 Å². The maximum atomic E-state index is 13.5. The Balaban J connectivity index is 1.43. The van der Waals surface area contributed by atoms with Gasteiger partial charge in [-0.2, -0.15) is 0 Å². The third-order valence-corrected chi connectivity index (χ3v) is 6.69. The van der Waals surface area contributed by atoms with Gasteiger partial charge in [0.2, 0.25) is 0 Å². The van der Waals surface area contributed by atoms with Crippen LogP contribution >= 0.6 is 0 Å². The van der Waals surface area contributed by atoms with E-state index in [1.807, 2.05) is 30.3 Å². The molecule has 3 aromatic rings. The largest absolute Gasteiger partial charge is 0.496 e. The average Bonchev–Trinajstić information content (AvgIpc) is 3.32. The lowest BCUT2D eigenvalue weighted by molar-refractivity contribution is 0.0566. The Kier molecular flexibility index (Phi) is 4.65. The Morgan fingerprint density at radius 1 is 1.00 bits per heavy atom. The molecule has 5 rings (SSSR count). The second kappa shape index (κ2) is 7.35. The fourth-order valence-electron chi connectivity index (χ4n) is 5.29. The summed E-state index contributed by atoms with van der Waals surface area (Å²) in [6, 6.07) is 12.8. The number of hydrogen-bond donors (Lipinski definition) is 1. The number of piperidine rings is 1. The van der Waals surface area contributed by atoms with E-state index in [9.17, 15) is 9.18 Å². The highest BCUT2D eigenvalue weighted by Crippen LogP contribution is 2.44. The molecule has 6 heteroatoms. The van der Waals surface area contributed by atoms with Crippen molar-refractivity contribution in [2.45, 2.75) is 43.7 Å². The first-order valence-electron chi connectivity index (χ1n) is 10.4. The molecule has 1 amide bonds. The fourth-order valence-corrected chi connectivity index (χ4v) is 5.29. The SMILES string of the molecule is COc1ccc(OC)c2[nH]c(C(=O)N3[C@@H]4CC[C@H]3CC(c3ccc(F)cc3)C4)cc12. The number of halogens is 1. The van der Waals surface area contributed by atoms with E-state index in [0.29, 0.717) is 23.1 Å². The Morgan fingerprint density at radius 3 is 2.27 bits per heavy atom. The minimum atomic E-state index is -0.209. The molecular weight excluding hydrogens is 383 g/mol. The Hall–Kier alpha value is -3.02. The van der Waals surface area contributed by atoms with Crippen LogP contribution in [0.1, 0.15) is 47.7 Å². The molecule has 1 unspecified atom stereocenters. The maximum Gasteiger partial charge on any atom is 0.270 e. The number of ether oxygens (including phenoxy) is 2. The number of H-pyrrole nitrogens is 1. The highest BCUT2D eigenvalue weighted by atomic mass is 19.1. The number of aromatic amines is 1. The van der Waals surface area contributed by atoms with Gasteiger partial charge in [-0.05, 0) is 67.5 Å². The summed E-state index contributed by atoms with van der Waals surface area (Å²) in [7, 11) is 3.24. The van der Waals surface area contributed by atoms with Crippen molar-refractivity contribution in [2.24, 2.45) is 0 Å². The molecule has 2 fully saturated rings. The van der Waals surface area contributed by atoms with Crippen molar-refractivity contribution in [3.05, 3.63) is 59.5 Å². The Labute approximate surface area is 174 Å². The molecule has 2 bridgehead atoms. The number of methoxy groups -OCH3 is 2. The van der Waals surface area contributed by atoms with Gasteiger partial charge in [0.15, 0.2) is 0 Å². The number of hydrogen-bond acceptors (Lipinski definition) is 3. The van der Waals surface area contributed by atoms with Gasteiger partial charge >= 0.3 is 0 Å². The number of fused-ring (bicyclic) bond motifs is 3. The van der Waals surface area contributed by atoms with Crippen LogP contribution in [0.3, 0.4) is 0 Å². The summed E-state index contributed by atoms with van der Waals surface area (Å²) in [6.07, 6.45) is 3.86. The smallest absolute Gasteiger partial charge is 0.270 e. The maximum absolute atomic E-state index is 13.5. The van der Waals surface area contributed by atoms with Crippen LogP contribution in [0, 0.1) is 5.82 Å². The van der Waals surface area contributed by atoms with Crippen molar-refractivity contribution in [2.75, 3.05) is 14.2 Å². The highest BCUT2D eigenvalue weighted by Gasteiger charge is 2.44. The van der Waals surface area contributed by atoms with E-state index in [0.717, 1.165) is 36.6 Å². The zero-order valence-corrected chi connectivity index (χ0v) is 17.2. The molecule has 0 spiro atoms. The topological polar surface area (TPSA) is 54.6 Å². The lowest BCUT2D eigenvalue weighted by Gasteiger charge is -2.39. The van der Waals surface area contributed by atoms with Crippen molar-refractivity contribution in [1.82, 2.24) is 9.88 Å². The summed E-state index contributed by atoms with van der Waals surface area (Å²) in [5.74, 6) is 1.58. The van der Waals surface area contributed by atoms with Gasteiger partial charge in [-0.25, -0.2) is 4.39 Å². The van der Waals surface area contributed by atoms with Crippen LogP contribution in [0.15, 0.2) is 42.5 Å². The van der Waals surface area contributed by atoms with Crippen LogP contribution in [0.4, 0.5) is 4.39 Å². The van der Waals surface area contributed by atoms with Crippen molar-refractivity contribution in [3.63, 3.8) is 0 Å². The summed E-state index contributed by atoms with van der Waals surface area (Å²) in [4.78, 5) is 18.8. The molecule has 2 aromatic carbocycles. The van der Waals surface area contributed by atoms with Gasteiger partial charge in [-0.15, -0.1) is 0 Å². The summed E-state index contributed by atoms with van der Waals surface area (Å²) in [6.45, 7) is 0. The number of aromatic nitrogens is 1. The van der Waals surface area contributed by atoms with Gasteiger partial charge in [0.25, 0.3) is 5.91 Å². The predicted molar refractivity (Wildman–Crippen MR) is 113 cm³/mol. The number of carbonyl (C=O) groups is 1. The van der Waals surface area contributed by atoms with Gasteiger partial charge in [-0.1, -0.05) is 12.1 Å². The first-order chi connectivity index (χ1) is 14.6. The second-order valence-corrected chi connectivity index (χ2v) is 8.26. The van der Waals surface area contributed by atoms with Gasteiger partial charge in [0, 0.05) is 17.5 Å². The van der Waals surface area contributed by atoms with E-state index in [2.05, 4.69) is 9.88 Å². The van der Waals surface area contributed by atoms with Crippen LogP contribution in [0.2, 0.25) is 0 Å². The molecular formula is C24H25FN2O3. The van der Waals surface area contributed by atoms with Gasteiger partial charge in [0.05, 0.1) is 19.7 Å². The van der Waals surface area contributed by atoms with Crippen LogP contribution in [0.25, 0.3) is 10.9 Å². The summed E-state index contributed by atoms with van der Waals surface area (Å²) < 4.78 is 24.2. The van der Waals surface area contributed by atoms with E-state index in [1.54, 1.807) is 14.2 Å². The van der Waals surface area contributed by atoms with Crippen molar-refractivity contribution >= 4 is 16.8 Å². The highest BCUT2D eigenvalue weighted by molar-refractivity contribution is 6.01. The summed E-state index contributed by atoms with van der Waals surface area (Å²) in [5.41, 5.74) is 2.50. The number of nitrogens with one attached hydrogen (secondary N) is 1. The lowest BCUT2D eigenvalue weighted by atomic mass is 9.85. The van der Waals surface area contributed by atoms with Crippen molar-refractivity contribution in [3.8, 4) is 11.5 Å². The second-order valence-electron chi connectivity index (χ2n) is 8.26. The molecule has 30 heavy (non-hydrogen) atoms. The molecule has 0 aliphatic carbocycles. The van der Waals surface area contributed by atoms with Gasteiger partial charge < -0.3 is 19.4 Å². The number of benzene rings is 2. The molecule has 2 aliphatic rings. The minimum Gasteiger partial charge on any atom is -0.496 e. The molecule has 2 aliphatic heterocycles. The Bertz CT molecular complexity index is 1040. The monoisotopic (exact) mass is 408 g/mol. The molecule has 3 atom stereocenters. The van der Waals surface area contributed by atoms with Crippen molar-refractivity contribution in [1.29, 1.82) is 0 Å². The quantitative estimate of drug-likeness (QED) is 0.670. The average molecular weight is 408 g/mol. The fraction of sp³-hybridized carbons (Fsp3) is 0.375. The predicted octanol–water partition coefficient (Wildman–Crippen LogP) is 4.88. The van der Waals surface area contributed by atoms with Crippen LogP contribution < -0.4 is 9.47 Å². The summed E-state index contributed by atoms with van der Waals surface area (Å²) >= 11 is 0. The third kappa shape index (κ3) is 3.02. The summed E-state index contributed by atoms with van der Waals surface area (Å²) in [5, 5.41) is 0.841. The lowest BCUT2D eigenvalue weighted by Crippen LogP contribution is -2.46.